The van der Waals surface area contributed by atoms with Crippen LogP contribution in [0.2, 0.25) is 0 Å². The SMILES string of the molecule is CC1(C(O)Cc2cccc3ccccc23)CCCS1. The highest BCUT2D eigenvalue weighted by molar-refractivity contribution is 8.00. The molecule has 100 valence electrons. The summed E-state index contributed by atoms with van der Waals surface area (Å²) in [5.41, 5.74) is 1.26. The molecule has 1 nitrogen and oxygen atoms in total. The van der Waals surface area contributed by atoms with E-state index in [0.717, 1.165) is 12.8 Å². The molecular formula is C17H20OS. The van der Waals surface area contributed by atoms with Crippen molar-refractivity contribution in [1.29, 1.82) is 0 Å². The molecule has 2 aromatic rings. The number of benzene rings is 2. The molecule has 1 aliphatic heterocycles. The van der Waals surface area contributed by atoms with E-state index >= 15 is 0 Å². The van der Waals surface area contributed by atoms with Crippen LogP contribution in [0.1, 0.15) is 25.3 Å². The molecule has 0 amide bonds. The molecule has 1 fully saturated rings. The lowest BCUT2D eigenvalue weighted by Crippen LogP contribution is -2.35. The van der Waals surface area contributed by atoms with Crippen LogP contribution in [0.15, 0.2) is 42.5 Å². The first-order valence-corrected chi connectivity index (χ1v) is 7.96. The van der Waals surface area contributed by atoms with Gasteiger partial charge in [-0.15, -0.1) is 0 Å². The molecule has 1 saturated heterocycles. The average Bonchev–Trinajstić information content (AvgIpc) is 2.87. The van der Waals surface area contributed by atoms with Crippen LogP contribution < -0.4 is 0 Å². The van der Waals surface area contributed by atoms with E-state index in [1.807, 2.05) is 11.8 Å². The van der Waals surface area contributed by atoms with Gasteiger partial charge in [0.15, 0.2) is 0 Å². The van der Waals surface area contributed by atoms with Gasteiger partial charge in [0.2, 0.25) is 0 Å². The number of fused-ring (bicyclic) bond motifs is 1. The minimum absolute atomic E-state index is 0.0386. The number of rotatable bonds is 3. The summed E-state index contributed by atoms with van der Waals surface area (Å²) in [6.45, 7) is 2.21. The molecule has 0 bridgehead atoms. The van der Waals surface area contributed by atoms with Crippen LogP contribution in [0, 0.1) is 0 Å². The van der Waals surface area contributed by atoms with Crippen LogP contribution in [-0.4, -0.2) is 21.7 Å². The van der Waals surface area contributed by atoms with Gasteiger partial charge in [0.1, 0.15) is 0 Å². The third-order valence-electron chi connectivity index (χ3n) is 4.25. The van der Waals surface area contributed by atoms with E-state index in [1.54, 1.807) is 0 Å². The zero-order valence-electron chi connectivity index (χ0n) is 11.3. The Morgan fingerprint density at radius 2 is 2.00 bits per heavy atom. The van der Waals surface area contributed by atoms with Gasteiger partial charge in [-0.05, 0) is 41.9 Å². The smallest absolute Gasteiger partial charge is 0.0724 e. The maximum absolute atomic E-state index is 10.6. The molecular weight excluding hydrogens is 252 g/mol. The molecule has 1 aliphatic rings. The molecule has 1 heterocycles. The summed E-state index contributed by atoms with van der Waals surface area (Å²) in [6.07, 6.45) is 2.85. The molecule has 2 heteroatoms. The third kappa shape index (κ3) is 2.52. The van der Waals surface area contributed by atoms with Crippen LogP contribution in [0.3, 0.4) is 0 Å². The lowest BCUT2D eigenvalue weighted by Gasteiger charge is -2.29. The molecule has 2 atom stereocenters. The van der Waals surface area contributed by atoms with E-state index in [4.69, 9.17) is 0 Å². The quantitative estimate of drug-likeness (QED) is 0.910. The first kappa shape index (κ1) is 13.0. The van der Waals surface area contributed by atoms with E-state index in [0.29, 0.717) is 0 Å². The van der Waals surface area contributed by atoms with Gasteiger partial charge in [-0.1, -0.05) is 42.5 Å². The summed E-state index contributed by atoms with van der Waals surface area (Å²) in [6, 6.07) is 14.8. The molecule has 0 radical (unpaired) electrons. The molecule has 2 unspecified atom stereocenters. The van der Waals surface area contributed by atoms with Crippen LogP contribution in [-0.2, 0) is 6.42 Å². The Balaban J connectivity index is 1.89. The number of thioether (sulfide) groups is 1. The van der Waals surface area contributed by atoms with Crippen molar-refractivity contribution in [3.63, 3.8) is 0 Å². The van der Waals surface area contributed by atoms with Crippen molar-refractivity contribution in [1.82, 2.24) is 0 Å². The van der Waals surface area contributed by atoms with Crippen molar-refractivity contribution in [2.24, 2.45) is 0 Å². The van der Waals surface area contributed by atoms with E-state index in [9.17, 15) is 5.11 Å². The fourth-order valence-electron chi connectivity index (χ4n) is 2.96. The zero-order valence-corrected chi connectivity index (χ0v) is 12.1. The van der Waals surface area contributed by atoms with Crippen molar-refractivity contribution in [2.45, 2.75) is 37.0 Å². The Morgan fingerprint density at radius 3 is 2.79 bits per heavy atom. The Labute approximate surface area is 119 Å². The van der Waals surface area contributed by atoms with E-state index < -0.39 is 0 Å². The number of aliphatic hydroxyl groups is 1. The molecule has 0 aromatic heterocycles. The molecule has 0 saturated carbocycles. The van der Waals surface area contributed by atoms with Crippen LogP contribution >= 0.6 is 11.8 Å². The predicted molar refractivity (Wildman–Crippen MR) is 83.8 cm³/mol. The fourth-order valence-corrected chi connectivity index (χ4v) is 4.28. The molecule has 3 rings (SSSR count). The lowest BCUT2D eigenvalue weighted by molar-refractivity contribution is 0.134. The molecule has 0 aliphatic carbocycles. The summed E-state index contributed by atoms with van der Waals surface area (Å²) < 4.78 is 0.0386. The average molecular weight is 272 g/mol. The van der Waals surface area contributed by atoms with Crippen LogP contribution in [0.4, 0.5) is 0 Å². The second kappa shape index (κ2) is 5.18. The molecule has 2 aromatic carbocycles. The normalized spacial score (nSPS) is 24.7. The standard InChI is InChI=1S/C17H20OS/c1-17(10-5-11-19-17)16(18)12-14-8-4-7-13-6-2-3-9-15(13)14/h2-4,6-9,16,18H,5,10-12H2,1H3. The monoisotopic (exact) mass is 272 g/mol. The fraction of sp³-hybridized carbons (Fsp3) is 0.412. The Bertz CT molecular complexity index is 567. The van der Waals surface area contributed by atoms with Crippen LogP contribution in [0.25, 0.3) is 10.8 Å². The number of hydrogen-bond acceptors (Lipinski definition) is 2. The predicted octanol–water partition coefficient (Wildman–Crippen LogP) is 4.03. The minimum Gasteiger partial charge on any atom is -0.391 e. The third-order valence-corrected chi connectivity index (χ3v) is 5.88. The van der Waals surface area contributed by atoms with Gasteiger partial charge in [-0.2, -0.15) is 11.8 Å². The second-order valence-corrected chi connectivity index (χ2v) is 7.25. The largest absolute Gasteiger partial charge is 0.391 e. The topological polar surface area (TPSA) is 20.2 Å². The minimum atomic E-state index is -0.259. The first-order chi connectivity index (χ1) is 9.19. The maximum Gasteiger partial charge on any atom is 0.0724 e. The van der Waals surface area contributed by atoms with Crippen molar-refractivity contribution in [3.05, 3.63) is 48.0 Å². The van der Waals surface area contributed by atoms with E-state index in [2.05, 4.69) is 49.4 Å². The second-order valence-electron chi connectivity index (χ2n) is 5.62. The molecule has 19 heavy (non-hydrogen) atoms. The molecule has 1 N–H and O–H groups in total. The highest BCUT2D eigenvalue weighted by atomic mass is 32.2. The van der Waals surface area contributed by atoms with Gasteiger partial charge in [0.05, 0.1) is 6.10 Å². The van der Waals surface area contributed by atoms with E-state index in [1.165, 1.54) is 28.5 Å². The molecule has 0 spiro atoms. The van der Waals surface area contributed by atoms with Gasteiger partial charge < -0.3 is 5.11 Å². The highest BCUT2D eigenvalue weighted by Crippen LogP contribution is 2.41. The van der Waals surface area contributed by atoms with Crippen LogP contribution in [0.5, 0.6) is 0 Å². The summed E-state index contributed by atoms with van der Waals surface area (Å²) in [7, 11) is 0. The van der Waals surface area contributed by atoms with Crippen molar-refractivity contribution >= 4 is 22.5 Å². The van der Waals surface area contributed by atoms with E-state index in [-0.39, 0.29) is 10.9 Å². The van der Waals surface area contributed by atoms with Gasteiger partial charge >= 0.3 is 0 Å². The summed E-state index contributed by atoms with van der Waals surface area (Å²) in [5, 5.41) is 13.1. The number of aliphatic hydroxyl groups excluding tert-OH is 1. The number of hydrogen-bond donors (Lipinski definition) is 1. The highest BCUT2D eigenvalue weighted by Gasteiger charge is 2.36. The van der Waals surface area contributed by atoms with Gasteiger partial charge in [0, 0.05) is 11.2 Å². The summed E-state index contributed by atoms with van der Waals surface area (Å²) in [5.74, 6) is 1.18. The summed E-state index contributed by atoms with van der Waals surface area (Å²) >= 11 is 1.93. The first-order valence-electron chi connectivity index (χ1n) is 6.98. The zero-order chi connectivity index (χ0) is 13.3. The van der Waals surface area contributed by atoms with Crippen molar-refractivity contribution < 1.29 is 5.11 Å². The van der Waals surface area contributed by atoms with Crippen molar-refractivity contribution in [3.8, 4) is 0 Å². The van der Waals surface area contributed by atoms with Crippen molar-refractivity contribution in [2.75, 3.05) is 5.75 Å². The Kier molecular flexibility index (Phi) is 3.55. The maximum atomic E-state index is 10.6. The van der Waals surface area contributed by atoms with Gasteiger partial charge in [-0.25, -0.2) is 0 Å². The Morgan fingerprint density at radius 1 is 1.21 bits per heavy atom. The Hall–Kier alpha value is -0.990. The van der Waals surface area contributed by atoms with Gasteiger partial charge in [-0.3, -0.25) is 0 Å². The lowest BCUT2D eigenvalue weighted by atomic mass is 9.91. The van der Waals surface area contributed by atoms with Gasteiger partial charge in [0.25, 0.3) is 0 Å². The summed E-state index contributed by atoms with van der Waals surface area (Å²) in [4.78, 5) is 0.